The van der Waals surface area contributed by atoms with Gasteiger partial charge in [-0.3, -0.25) is 0 Å². The fourth-order valence-corrected chi connectivity index (χ4v) is 1.86. The predicted octanol–water partition coefficient (Wildman–Crippen LogP) is 1.94. The zero-order valence-electron chi connectivity index (χ0n) is 8.56. The Kier molecular flexibility index (Phi) is 2.05. The van der Waals surface area contributed by atoms with Crippen LogP contribution in [-0.4, -0.2) is 21.1 Å². The molecule has 2 aromatic heterocycles. The largest absolute Gasteiger partial charge is 0.370 e. The zero-order chi connectivity index (χ0) is 10.1. The molecular formula is C11H14N4. The number of fused-ring (bicyclic) bond motifs is 1. The highest BCUT2D eigenvalue weighted by Gasteiger charge is 2.16. The van der Waals surface area contributed by atoms with Gasteiger partial charge in [-0.25, -0.2) is 9.50 Å². The summed E-state index contributed by atoms with van der Waals surface area (Å²) in [7, 11) is 0. The molecule has 0 saturated heterocycles. The normalized spacial score (nSPS) is 16.5. The van der Waals surface area contributed by atoms with E-state index >= 15 is 0 Å². The average molecular weight is 202 g/mol. The van der Waals surface area contributed by atoms with Crippen LogP contribution < -0.4 is 5.32 Å². The second-order valence-corrected chi connectivity index (χ2v) is 4.12. The van der Waals surface area contributed by atoms with Crippen LogP contribution in [0.1, 0.15) is 19.3 Å². The van der Waals surface area contributed by atoms with Crippen molar-refractivity contribution in [2.24, 2.45) is 5.92 Å². The van der Waals surface area contributed by atoms with Crippen LogP contribution in [0, 0.1) is 5.92 Å². The third-order valence-corrected chi connectivity index (χ3v) is 3.05. The fraction of sp³-hybridized carbons (Fsp3) is 0.455. The predicted molar refractivity (Wildman–Crippen MR) is 58.8 cm³/mol. The molecular weight excluding hydrogens is 188 g/mol. The van der Waals surface area contributed by atoms with Crippen LogP contribution in [0.4, 0.5) is 5.82 Å². The molecule has 0 aromatic carbocycles. The number of hydrogen-bond donors (Lipinski definition) is 1. The first-order chi connectivity index (χ1) is 7.42. The van der Waals surface area contributed by atoms with Crippen molar-refractivity contribution in [1.29, 1.82) is 0 Å². The number of nitrogens with one attached hydrogen (secondary N) is 1. The Morgan fingerprint density at radius 1 is 1.40 bits per heavy atom. The van der Waals surface area contributed by atoms with E-state index in [0.29, 0.717) is 0 Å². The van der Waals surface area contributed by atoms with Gasteiger partial charge < -0.3 is 5.32 Å². The molecule has 4 heteroatoms. The van der Waals surface area contributed by atoms with Crippen molar-refractivity contribution >= 4 is 11.5 Å². The molecule has 0 unspecified atom stereocenters. The van der Waals surface area contributed by atoms with Crippen molar-refractivity contribution < 1.29 is 0 Å². The minimum absolute atomic E-state index is 0.855. The maximum Gasteiger partial charge on any atom is 0.157 e. The molecule has 1 N–H and O–H groups in total. The molecule has 15 heavy (non-hydrogen) atoms. The molecule has 0 radical (unpaired) electrons. The lowest BCUT2D eigenvalue weighted by atomic mass is 9.85. The average Bonchev–Trinajstić information content (AvgIpc) is 2.62. The highest BCUT2D eigenvalue weighted by molar-refractivity contribution is 5.45. The summed E-state index contributed by atoms with van der Waals surface area (Å²) in [5.74, 6) is 1.81. The van der Waals surface area contributed by atoms with Crippen LogP contribution in [0.25, 0.3) is 5.65 Å². The van der Waals surface area contributed by atoms with E-state index in [2.05, 4.69) is 15.4 Å². The highest BCUT2D eigenvalue weighted by atomic mass is 15.2. The second-order valence-electron chi connectivity index (χ2n) is 4.12. The molecule has 0 amide bonds. The van der Waals surface area contributed by atoms with Crippen LogP contribution in [0.5, 0.6) is 0 Å². The lowest BCUT2D eigenvalue weighted by molar-refractivity contribution is 0.333. The van der Waals surface area contributed by atoms with Crippen LogP contribution in [-0.2, 0) is 0 Å². The van der Waals surface area contributed by atoms with Gasteiger partial charge >= 0.3 is 0 Å². The standard InChI is InChI=1S/C11H14N4/c1-2-9(3-1)8-12-10-5-7-15-11(14-10)4-6-13-15/h4-7,9H,1-3,8H2,(H,12,14). The van der Waals surface area contributed by atoms with Gasteiger partial charge in [0.05, 0.1) is 6.20 Å². The minimum Gasteiger partial charge on any atom is -0.370 e. The van der Waals surface area contributed by atoms with E-state index in [-0.39, 0.29) is 0 Å². The van der Waals surface area contributed by atoms with E-state index in [0.717, 1.165) is 23.9 Å². The Labute approximate surface area is 88.3 Å². The first-order valence-corrected chi connectivity index (χ1v) is 5.46. The van der Waals surface area contributed by atoms with Crippen molar-refractivity contribution in [2.45, 2.75) is 19.3 Å². The number of anilines is 1. The third-order valence-electron chi connectivity index (χ3n) is 3.05. The van der Waals surface area contributed by atoms with Gasteiger partial charge in [-0.15, -0.1) is 0 Å². The summed E-state index contributed by atoms with van der Waals surface area (Å²) in [5, 5.41) is 7.49. The number of nitrogens with zero attached hydrogens (tertiary/aromatic N) is 3. The summed E-state index contributed by atoms with van der Waals surface area (Å²) in [4.78, 5) is 4.45. The molecule has 1 aliphatic rings. The van der Waals surface area contributed by atoms with Gasteiger partial charge in [-0.05, 0) is 24.8 Å². The maximum atomic E-state index is 4.45. The smallest absolute Gasteiger partial charge is 0.157 e. The van der Waals surface area contributed by atoms with Crippen LogP contribution in [0.3, 0.4) is 0 Å². The van der Waals surface area contributed by atoms with Gasteiger partial charge in [0.25, 0.3) is 0 Å². The van der Waals surface area contributed by atoms with Crippen molar-refractivity contribution in [3.8, 4) is 0 Å². The Morgan fingerprint density at radius 3 is 3.13 bits per heavy atom. The molecule has 1 saturated carbocycles. The third kappa shape index (κ3) is 1.67. The Morgan fingerprint density at radius 2 is 2.33 bits per heavy atom. The van der Waals surface area contributed by atoms with Crippen LogP contribution >= 0.6 is 0 Å². The molecule has 78 valence electrons. The SMILES string of the molecule is c1cc2nc(NCC3CCC3)ccn2n1. The number of hydrogen-bond acceptors (Lipinski definition) is 3. The minimum atomic E-state index is 0.855. The molecule has 1 aliphatic carbocycles. The fourth-order valence-electron chi connectivity index (χ4n) is 1.86. The van der Waals surface area contributed by atoms with Gasteiger partial charge in [0.2, 0.25) is 0 Å². The van der Waals surface area contributed by atoms with Crippen molar-refractivity contribution in [1.82, 2.24) is 14.6 Å². The quantitative estimate of drug-likeness (QED) is 0.827. The molecule has 2 heterocycles. The van der Waals surface area contributed by atoms with Gasteiger partial charge in [0, 0.05) is 18.8 Å². The van der Waals surface area contributed by atoms with Gasteiger partial charge in [-0.1, -0.05) is 6.42 Å². The summed E-state index contributed by atoms with van der Waals surface area (Å²) in [6.07, 6.45) is 7.81. The van der Waals surface area contributed by atoms with Crippen LogP contribution in [0.15, 0.2) is 24.5 Å². The highest BCUT2D eigenvalue weighted by Crippen LogP contribution is 2.26. The first kappa shape index (κ1) is 8.71. The monoisotopic (exact) mass is 202 g/mol. The molecule has 4 nitrogen and oxygen atoms in total. The lowest BCUT2D eigenvalue weighted by Crippen LogP contribution is -2.21. The molecule has 0 bridgehead atoms. The topological polar surface area (TPSA) is 42.2 Å². The molecule has 3 rings (SSSR count). The van der Waals surface area contributed by atoms with Gasteiger partial charge in [0.15, 0.2) is 5.65 Å². The van der Waals surface area contributed by atoms with E-state index in [1.165, 1.54) is 19.3 Å². The van der Waals surface area contributed by atoms with Crippen molar-refractivity contribution in [3.63, 3.8) is 0 Å². The molecule has 0 aliphatic heterocycles. The molecule has 1 fully saturated rings. The summed E-state index contributed by atoms with van der Waals surface area (Å²) in [6.45, 7) is 1.05. The van der Waals surface area contributed by atoms with E-state index < -0.39 is 0 Å². The summed E-state index contributed by atoms with van der Waals surface area (Å²) in [6, 6.07) is 3.88. The molecule has 2 aromatic rings. The second kappa shape index (κ2) is 3.53. The molecule has 0 spiro atoms. The lowest BCUT2D eigenvalue weighted by Gasteiger charge is -2.25. The summed E-state index contributed by atoms with van der Waals surface area (Å²) in [5.41, 5.74) is 0.897. The van der Waals surface area contributed by atoms with E-state index in [1.807, 2.05) is 18.3 Å². The maximum absolute atomic E-state index is 4.45. The van der Waals surface area contributed by atoms with E-state index in [4.69, 9.17) is 0 Å². The van der Waals surface area contributed by atoms with E-state index in [9.17, 15) is 0 Å². The number of aromatic nitrogens is 3. The molecule has 0 atom stereocenters. The summed E-state index contributed by atoms with van der Waals surface area (Å²) >= 11 is 0. The zero-order valence-corrected chi connectivity index (χ0v) is 8.56. The Balaban J connectivity index is 1.72. The van der Waals surface area contributed by atoms with Crippen molar-refractivity contribution in [3.05, 3.63) is 24.5 Å². The Hall–Kier alpha value is -1.58. The van der Waals surface area contributed by atoms with E-state index in [1.54, 1.807) is 10.7 Å². The summed E-state index contributed by atoms with van der Waals surface area (Å²) < 4.78 is 1.77. The van der Waals surface area contributed by atoms with Crippen molar-refractivity contribution in [2.75, 3.05) is 11.9 Å². The Bertz CT molecular complexity index is 458. The number of rotatable bonds is 3. The van der Waals surface area contributed by atoms with Gasteiger partial charge in [0.1, 0.15) is 5.82 Å². The van der Waals surface area contributed by atoms with Crippen LogP contribution in [0.2, 0.25) is 0 Å². The van der Waals surface area contributed by atoms with Gasteiger partial charge in [-0.2, -0.15) is 5.10 Å². The first-order valence-electron chi connectivity index (χ1n) is 5.46.